The molecule has 3 rings (SSSR count). The Bertz CT molecular complexity index is 754. The van der Waals surface area contributed by atoms with Crippen LogP contribution < -0.4 is 5.32 Å². The Balaban J connectivity index is 1.64. The fourth-order valence-corrected chi connectivity index (χ4v) is 2.87. The summed E-state index contributed by atoms with van der Waals surface area (Å²) in [6, 6.07) is 1.74. The van der Waals surface area contributed by atoms with E-state index in [9.17, 15) is 4.79 Å². The molecule has 7 nitrogen and oxygen atoms in total. The number of aromatic amines is 2. The van der Waals surface area contributed by atoms with E-state index in [0.29, 0.717) is 17.9 Å². The summed E-state index contributed by atoms with van der Waals surface area (Å²) in [5, 5.41) is 19.8. The van der Waals surface area contributed by atoms with E-state index in [1.54, 1.807) is 23.6 Å². The van der Waals surface area contributed by atoms with Crippen molar-refractivity contribution in [3.05, 3.63) is 39.7 Å². The predicted octanol–water partition coefficient (Wildman–Crippen LogP) is 1.85. The van der Waals surface area contributed by atoms with Gasteiger partial charge in [0.1, 0.15) is 5.69 Å². The standard InChI is InChI=1S/C14H16N6OS/c1-8-13(9(2)18-17-8)10-7-11(20-19-10)14(21)16-4-3-12-15-5-6-22-12/h5-7H,3-4H2,1-2H3,(H,16,21)(H,17,18)(H,19,20). The van der Waals surface area contributed by atoms with Crippen LogP contribution in [0.5, 0.6) is 0 Å². The highest BCUT2D eigenvalue weighted by atomic mass is 32.1. The van der Waals surface area contributed by atoms with Gasteiger partial charge in [-0.15, -0.1) is 11.3 Å². The van der Waals surface area contributed by atoms with Crippen molar-refractivity contribution in [1.82, 2.24) is 30.7 Å². The molecule has 0 fully saturated rings. The van der Waals surface area contributed by atoms with Crippen LogP contribution >= 0.6 is 11.3 Å². The Hall–Kier alpha value is -2.48. The lowest BCUT2D eigenvalue weighted by Crippen LogP contribution is -2.25. The van der Waals surface area contributed by atoms with E-state index in [4.69, 9.17) is 0 Å². The average Bonchev–Trinajstić information content (AvgIpc) is 3.21. The van der Waals surface area contributed by atoms with Crippen molar-refractivity contribution in [3.8, 4) is 11.3 Å². The Labute approximate surface area is 131 Å². The molecule has 8 heteroatoms. The van der Waals surface area contributed by atoms with Crippen molar-refractivity contribution in [2.45, 2.75) is 20.3 Å². The van der Waals surface area contributed by atoms with Crippen molar-refractivity contribution < 1.29 is 4.79 Å². The van der Waals surface area contributed by atoms with Crippen LogP contribution in [0.1, 0.15) is 26.9 Å². The quantitative estimate of drug-likeness (QED) is 0.669. The molecule has 0 aliphatic heterocycles. The second-order valence-electron chi connectivity index (χ2n) is 4.91. The highest BCUT2D eigenvalue weighted by Gasteiger charge is 2.15. The van der Waals surface area contributed by atoms with Crippen LogP contribution in [-0.4, -0.2) is 37.8 Å². The third-order valence-corrected chi connectivity index (χ3v) is 4.15. The van der Waals surface area contributed by atoms with Gasteiger partial charge < -0.3 is 5.32 Å². The number of aromatic nitrogens is 5. The molecular weight excluding hydrogens is 300 g/mol. The molecule has 0 aliphatic carbocycles. The SMILES string of the molecule is Cc1n[nH]c(C)c1-c1cc(C(=O)NCCc2nccs2)[nH]n1. The fourth-order valence-electron chi connectivity index (χ4n) is 2.25. The van der Waals surface area contributed by atoms with E-state index >= 15 is 0 Å². The first-order valence-corrected chi connectivity index (χ1v) is 7.77. The van der Waals surface area contributed by atoms with Crippen molar-refractivity contribution in [3.63, 3.8) is 0 Å². The molecule has 1 amide bonds. The van der Waals surface area contributed by atoms with Gasteiger partial charge in [-0.1, -0.05) is 0 Å². The third kappa shape index (κ3) is 2.91. The van der Waals surface area contributed by atoms with Gasteiger partial charge in [-0.3, -0.25) is 15.0 Å². The van der Waals surface area contributed by atoms with Crippen molar-refractivity contribution in [2.24, 2.45) is 0 Å². The first-order chi connectivity index (χ1) is 10.6. The maximum atomic E-state index is 12.1. The van der Waals surface area contributed by atoms with Gasteiger partial charge in [0.05, 0.1) is 16.4 Å². The molecule has 0 bridgehead atoms. The molecule has 0 saturated heterocycles. The molecule has 22 heavy (non-hydrogen) atoms. The zero-order valence-corrected chi connectivity index (χ0v) is 13.1. The minimum absolute atomic E-state index is 0.172. The first-order valence-electron chi connectivity index (χ1n) is 6.89. The minimum atomic E-state index is -0.172. The summed E-state index contributed by atoms with van der Waals surface area (Å²) in [5.74, 6) is -0.172. The number of nitrogens with zero attached hydrogens (tertiary/aromatic N) is 3. The molecule has 0 atom stereocenters. The number of hydrogen-bond donors (Lipinski definition) is 3. The number of nitrogens with one attached hydrogen (secondary N) is 3. The molecule has 3 N–H and O–H groups in total. The summed E-state index contributed by atoms with van der Waals surface area (Å²) in [7, 11) is 0. The van der Waals surface area contributed by atoms with Crippen molar-refractivity contribution >= 4 is 17.2 Å². The molecule has 3 heterocycles. The van der Waals surface area contributed by atoms with Gasteiger partial charge in [0.2, 0.25) is 0 Å². The summed E-state index contributed by atoms with van der Waals surface area (Å²) in [6.45, 7) is 4.38. The molecule has 0 spiro atoms. The Morgan fingerprint density at radius 2 is 2.18 bits per heavy atom. The van der Waals surface area contributed by atoms with E-state index in [0.717, 1.165) is 28.4 Å². The summed E-state index contributed by atoms with van der Waals surface area (Å²) in [6.07, 6.45) is 2.49. The van der Waals surface area contributed by atoms with Gasteiger partial charge in [-0.2, -0.15) is 10.2 Å². The summed E-state index contributed by atoms with van der Waals surface area (Å²) >= 11 is 1.58. The lowest BCUT2D eigenvalue weighted by molar-refractivity contribution is 0.0949. The van der Waals surface area contributed by atoms with Gasteiger partial charge in [-0.25, -0.2) is 4.98 Å². The van der Waals surface area contributed by atoms with Crippen LogP contribution in [-0.2, 0) is 6.42 Å². The molecule has 3 aromatic rings. The number of H-pyrrole nitrogens is 2. The van der Waals surface area contributed by atoms with Crippen LogP contribution in [0.3, 0.4) is 0 Å². The number of thiazole rings is 1. The summed E-state index contributed by atoms with van der Waals surface area (Å²) in [4.78, 5) is 16.3. The van der Waals surface area contributed by atoms with E-state index in [1.807, 2.05) is 19.2 Å². The maximum Gasteiger partial charge on any atom is 0.269 e. The second-order valence-corrected chi connectivity index (χ2v) is 5.89. The molecule has 3 aromatic heterocycles. The van der Waals surface area contributed by atoms with Gasteiger partial charge >= 0.3 is 0 Å². The van der Waals surface area contributed by atoms with Crippen LogP contribution in [0.25, 0.3) is 11.3 Å². The highest BCUT2D eigenvalue weighted by molar-refractivity contribution is 7.09. The fraction of sp³-hybridized carbons (Fsp3) is 0.286. The molecule has 114 valence electrons. The molecule has 0 radical (unpaired) electrons. The molecule has 0 saturated carbocycles. The van der Waals surface area contributed by atoms with Crippen molar-refractivity contribution in [1.29, 1.82) is 0 Å². The number of aryl methyl sites for hydroxylation is 2. The lowest BCUT2D eigenvalue weighted by atomic mass is 10.1. The number of rotatable bonds is 5. The van der Waals surface area contributed by atoms with Crippen LogP contribution in [0.15, 0.2) is 17.6 Å². The van der Waals surface area contributed by atoms with Gasteiger partial charge in [-0.05, 0) is 19.9 Å². The lowest BCUT2D eigenvalue weighted by Gasteiger charge is -2.01. The Kier molecular flexibility index (Phi) is 4.01. The zero-order chi connectivity index (χ0) is 15.5. The normalized spacial score (nSPS) is 10.8. The van der Waals surface area contributed by atoms with Crippen LogP contribution in [0.2, 0.25) is 0 Å². The van der Waals surface area contributed by atoms with Crippen LogP contribution in [0.4, 0.5) is 0 Å². The Morgan fingerprint density at radius 1 is 1.32 bits per heavy atom. The largest absolute Gasteiger partial charge is 0.350 e. The minimum Gasteiger partial charge on any atom is -0.350 e. The van der Waals surface area contributed by atoms with E-state index < -0.39 is 0 Å². The summed E-state index contributed by atoms with van der Waals surface area (Å²) in [5.41, 5.74) is 3.88. The van der Waals surface area contributed by atoms with E-state index in [-0.39, 0.29) is 5.91 Å². The monoisotopic (exact) mass is 316 g/mol. The van der Waals surface area contributed by atoms with Gasteiger partial charge in [0.15, 0.2) is 0 Å². The number of amides is 1. The second kappa shape index (κ2) is 6.10. The number of carbonyl (C=O) groups is 1. The highest BCUT2D eigenvalue weighted by Crippen LogP contribution is 2.23. The molecular formula is C14H16N6OS. The van der Waals surface area contributed by atoms with Crippen molar-refractivity contribution in [2.75, 3.05) is 6.54 Å². The molecule has 0 unspecified atom stereocenters. The zero-order valence-electron chi connectivity index (χ0n) is 12.3. The molecule has 0 aromatic carbocycles. The number of hydrogen-bond acceptors (Lipinski definition) is 5. The number of carbonyl (C=O) groups excluding carboxylic acids is 1. The smallest absolute Gasteiger partial charge is 0.269 e. The van der Waals surface area contributed by atoms with Gasteiger partial charge in [0, 0.05) is 35.8 Å². The predicted molar refractivity (Wildman–Crippen MR) is 83.8 cm³/mol. The van der Waals surface area contributed by atoms with Crippen LogP contribution in [0, 0.1) is 13.8 Å². The topological polar surface area (TPSA) is 99.4 Å². The van der Waals surface area contributed by atoms with Gasteiger partial charge in [0.25, 0.3) is 5.91 Å². The third-order valence-electron chi connectivity index (χ3n) is 3.31. The molecule has 0 aliphatic rings. The maximum absolute atomic E-state index is 12.1. The first kappa shape index (κ1) is 14.5. The summed E-state index contributed by atoms with van der Waals surface area (Å²) < 4.78 is 0. The average molecular weight is 316 g/mol. The van der Waals surface area contributed by atoms with E-state index in [1.165, 1.54) is 0 Å². The Morgan fingerprint density at radius 3 is 2.86 bits per heavy atom. The van der Waals surface area contributed by atoms with E-state index in [2.05, 4.69) is 30.7 Å².